The van der Waals surface area contributed by atoms with Gasteiger partial charge in [0.15, 0.2) is 0 Å². The Labute approximate surface area is 80.5 Å². The average Bonchev–Trinajstić information content (AvgIpc) is 2.85. The molecule has 0 heterocycles. The van der Waals surface area contributed by atoms with Crippen LogP contribution in [0.3, 0.4) is 0 Å². The number of hydrogen-bond donors (Lipinski definition) is 1. The highest BCUT2D eigenvalue weighted by molar-refractivity contribution is 5.77. The highest BCUT2D eigenvalue weighted by Crippen LogP contribution is 2.34. The topological polar surface area (TPSA) is 32.3 Å². The maximum atomic E-state index is 11.2. The third-order valence-electron chi connectivity index (χ3n) is 2.77. The number of carbonyl (C=O) groups excluding carboxylic acids is 1. The fraction of sp³-hybridized carbons (Fsp3) is 0.900. The fourth-order valence-corrected chi connectivity index (χ4v) is 1.56. The van der Waals surface area contributed by atoms with E-state index in [2.05, 4.69) is 17.1 Å². The van der Waals surface area contributed by atoms with Gasteiger partial charge in [0.25, 0.3) is 0 Å². The van der Waals surface area contributed by atoms with Gasteiger partial charge in [0.05, 0.1) is 6.54 Å². The summed E-state index contributed by atoms with van der Waals surface area (Å²) < 4.78 is 0. The lowest BCUT2D eigenvalue weighted by molar-refractivity contribution is -0.122. The lowest BCUT2D eigenvalue weighted by atomic mass is 10.2. The Morgan fingerprint density at radius 1 is 1.62 bits per heavy atom. The van der Waals surface area contributed by atoms with Gasteiger partial charge in [-0.3, -0.25) is 9.69 Å². The second kappa shape index (κ2) is 4.61. The maximum absolute atomic E-state index is 11.2. The van der Waals surface area contributed by atoms with Crippen molar-refractivity contribution in [2.24, 2.45) is 5.92 Å². The number of hydrogen-bond acceptors (Lipinski definition) is 2. The summed E-state index contributed by atoms with van der Waals surface area (Å²) in [6.07, 6.45) is 2.67. The summed E-state index contributed by atoms with van der Waals surface area (Å²) >= 11 is 0. The van der Waals surface area contributed by atoms with Gasteiger partial charge in [-0.25, -0.2) is 0 Å². The molecule has 0 aromatic heterocycles. The predicted octanol–water partition coefficient (Wildman–Crippen LogP) is 0.853. The number of amides is 1. The number of likely N-dealkylation sites (N-methyl/N-ethyl adjacent to an activating group) is 2. The molecular weight excluding hydrogens is 164 g/mol. The highest BCUT2D eigenvalue weighted by atomic mass is 16.2. The molecule has 0 spiro atoms. The van der Waals surface area contributed by atoms with E-state index in [0.717, 1.165) is 12.5 Å². The van der Waals surface area contributed by atoms with Crippen LogP contribution in [0.4, 0.5) is 0 Å². The zero-order valence-corrected chi connectivity index (χ0v) is 8.84. The molecule has 0 saturated heterocycles. The first kappa shape index (κ1) is 10.5. The molecule has 76 valence electrons. The number of nitrogens with zero attached hydrogens (tertiary/aromatic N) is 1. The van der Waals surface area contributed by atoms with Crippen molar-refractivity contribution in [1.82, 2.24) is 10.2 Å². The molecule has 0 aromatic rings. The van der Waals surface area contributed by atoms with Crippen LogP contribution in [0.15, 0.2) is 0 Å². The van der Waals surface area contributed by atoms with E-state index < -0.39 is 0 Å². The summed E-state index contributed by atoms with van der Waals surface area (Å²) in [6.45, 7) is 5.41. The smallest absolute Gasteiger partial charge is 0.234 e. The zero-order chi connectivity index (χ0) is 9.84. The van der Waals surface area contributed by atoms with Gasteiger partial charge in [-0.05, 0) is 39.7 Å². The first-order valence-corrected chi connectivity index (χ1v) is 5.12. The van der Waals surface area contributed by atoms with Crippen molar-refractivity contribution in [3.63, 3.8) is 0 Å². The fourth-order valence-electron chi connectivity index (χ4n) is 1.56. The van der Waals surface area contributed by atoms with Crippen LogP contribution in [-0.4, -0.2) is 37.0 Å². The molecule has 1 rings (SSSR count). The van der Waals surface area contributed by atoms with E-state index >= 15 is 0 Å². The number of nitrogens with one attached hydrogen (secondary N) is 1. The molecule has 1 aliphatic carbocycles. The van der Waals surface area contributed by atoms with Crippen LogP contribution < -0.4 is 5.32 Å². The monoisotopic (exact) mass is 184 g/mol. The van der Waals surface area contributed by atoms with Crippen molar-refractivity contribution in [1.29, 1.82) is 0 Å². The van der Waals surface area contributed by atoms with Crippen LogP contribution in [-0.2, 0) is 4.79 Å². The normalized spacial score (nSPS) is 18.8. The Morgan fingerprint density at radius 2 is 2.23 bits per heavy atom. The maximum Gasteiger partial charge on any atom is 0.234 e. The SMILES string of the molecule is CCNC(=O)CN(C)[C@@H](C)C1CC1. The Hall–Kier alpha value is -0.570. The molecule has 1 N–H and O–H groups in total. The van der Waals surface area contributed by atoms with Crippen LogP contribution in [0.1, 0.15) is 26.7 Å². The van der Waals surface area contributed by atoms with Crippen LogP contribution in [0.5, 0.6) is 0 Å². The molecule has 0 aromatic carbocycles. The molecule has 1 saturated carbocycles. The lowest BCUT2D eigenvalue weighted by Crippen LogP contribution is -2.40. The van der Waals surface area contributed by atoms with Crippen LogP contribution in [0, 0.1) is 5.92 Å². The minimum Gasteiger partial charge on any atom is -0.355 e. The Kier molecular flexibility index (Phi) is 3.72. The molecule has 1 aliphatic rings. The number of rotatable bonds is 5. The van der Waals surface area contributed by atoms with Gasteiger partial charge in [0.2, 0.25) is 5.91 Å². The van der Waals surface area contributed by atoms with Crippen molar-refractivity contribution in [2.75, 3.05) is 20.1 Å². The van der Waals surface area contributed by atoms with Crippen molar-refractivity contribution < 1.29 is 4.79 Å². The van der Waals surface area contributed by atoms with Crippen molar-refractivity contribution in [3.05, 3.63) is 0 Å². The summed E-state index contributed by atoms with van der Waals surface area (Å²) in [5, 5.41) is 2.81. The molecule has 13 heavy (non-hydrogen) atoms. The van der Waals surface area contributed by atoms with Gasteiger partial charge in [-0.1, -0.05) is 0 Å². The summed E-state index contributed by atoms with van der Waals surface area (Å²) in [6, 6.07) is 0.558. The molecule has 0 unspecified atom stereocenters. The molecule has 0 aliphatic heterocycles. The molecular formula is C10H20N2O. The standard InChI is InChI=1S/C10H20N2O/c1-4-11-10(13)7-12(3)8(2)9-5-6-9/h8-9H,4-7H2,1-3H3,(H,11,13)/t8-/m0/s1. The van der Waals surface area contributed by atoms with Crippen molar-refractivity contribution >= 4 is 5.91 Å². The van der Waals surface area contributed by atoms with E-state index in [1.54, 1.807) is 0 Å². The molecule has 3 heteroatoms. The van der Waals surface area contributed by atoms with E-state index in [9.17, 15) is 4.79 Å². The van der Waals surface area contributed by atoms with Gasteiger partial charge in [0, 0.05) is 12.6 Å². The lowest BCUT2D eigenvalue weighted by Gasteiger charge is -2.23. The molecule has 1 atom stereocenters. The molecule has 0 bridgehead atoms. The molecule has 1 amide bonds. The number of carbonyl (C=O) groups is 1. The first-order valence-electron chi connectivity index (χ1n) is 5.12. The molecule has 1 fully saturated rings. The van der Waals surface area contributed by atoms with Gasteiger partial charge in [-0.2, -0.15) is 0 Å². The van der Waals surface area contributed by atoms with Crippen LogP contribution in [0.2, 0.25) is 0 Å². The highest BCUT2D eigenvalue weighted by Gasteiger charge is 2.30. The summed E-state index contributed by atoms with van der Waals surface area (Å²) in [7, 11) is 2.03. The largest absolute Gasteiger partial charge is 0.355 e. The third kappa shape index (κ3) is 3.35. The van der Waals surface area contributed by atoms with E-state index in [0.29, 0.717) is 12.6 Å². The summed E-state index contributed by atoms with van der Waals surface area (Å²) in [4.78, 5) is 13.4. The predicted molar refractivity (Wildman–Crippen MR) is 53.5 cm³/mol. The van der Waals surface area contributed by atoms with Gasteiger partial charge in [0.1, 0.15) is 0 Å². The zero-order valence-electron chi connectivity index (χ0n) is 8.84. The van der Waals surface area contributed by atoms with E-state index in [-0.39, 0.29) is 5.91 Å². The summed E-state index contributed by atoms with van der Waals surface area (Å²) in [5.74, 6) is 0.969. The Bertz CT molecular complexity index is 178. The van der Waals surface area contributed by atoms with Crippen LogP contribution >= 0.6 is 0 Å². The molecule has 3 nitrogen and oxygen atoms in total. The van der Waals surface area contributed by atoms with Crippen LogP contribution in [0.25, 0.3) is 0 Å². The first-order chi connectivity index (χ1) is 6.15. The van der Waals surface area contributed by atoms with Gasteiger partial charge in [-0.15, -0.1) is 0 Å². The Morgan fingerprint density at radius 3 is 2.69 bits per heavy atom. The third-order valence-corrected chi connectivity index (χ3v) is 2.77. The average molecular weight is 184 g/mol. The minimum atomic E-state index is 0.137. The quantitative estimate of drug-likeness (QED) is 0.687. The Balaban J connectivity index is 2.22. The molecule has 0 radical (unpaired) electrons. The second-order valence-electron chi connectivity index (χ2n) is 3.95. The van der Waals surface area contributed by atoms with Gasteiger partial charge >= 0.3 is 0 Å². The van der Waals surface area contributed by atoms with Gasteiger partial charge < -0.3 is 5.32 Å². The van der Waals surface area contributed by atoms with Crippen molar-refractivity contribution in [2.45, 2.75) is 32.7 Å². The van der Waals surface area contributed by atoms with E-state index in [4.69, 9.17) is 0 Å². The van der Waals surface area contributed by atoms with E-state index in [1.807, 2.05) is 14.0 Å². The van der Waals surface area contributed by atoms with E-state index in [1.165, 1.54) is 12.8 Å². The minimum absolute atomic E-state index is 0.137. The second-order valence-corrected chi connectivity index (χ2v) is 3.95. The summed E-state index contributed by atoms with van der Waals surface area (Å²) in [5.41, 5.74) is 0. The van der Waals surface area contributed by atoms with Crippen molar-refractivity contribution in [3.8, 4) is 0 Å².